The van der Waals surface area contributed by atoms with E-state index < -0.39 is 0 Å². The average Bonchev–Trinajstić information content (AvgIpc) is 3.15. The number of nitrogen functional groups attached to an aromatic ring is 1. The van der Waals surface area contributed by atoms with Crippen molar-refractivity contribution in [3.05, 3.63) is 53.9 Å². The van der Waals surface area contributed by atoms with Crippen LogP contribution in [0.5, 0.6) is 0 Å². The Labute approximate surface area is 154 Å². The number of urea groups is 1. The summed E-state index contributed by atoms with van der Waals surface area (Å²) in [5, 5.41) is 4.81. The maximum atomic E-state index is 12.4. The Morgan fingerprint density at radius 1 is 1.23 bits per heavy atom. The summed E-state index contributed by atoms with van der Waals surface area (Å²) in [6.45, 7) is 1.35. The van der Waals surface area contributed by atoms with Gasteiger partial charge >= 0.3 is 6.03 Å². The van der Waals surface area contributed by atoms with Crippen molar-refractivity contribution < 1.29 is 4.79 Å². The number of hydrogen-bond acceptors (Lipinski definition) is 6. The summed E-state index contributed by atoms with van der Waals surface area (Å²) in [6, 6.07) is 9.19. The van der Waals surface area contributed by atoms with Gasteiger partial charge in [0, 0.05) is 37.8 Å². The zero-order chi connectivity index (χ0) is 17.9. The topological polar surface area (TPSA) is 97.0 Å². The SMILES string of the molecule is Nc1ccc(-c2cccs2)nc1NC(=O)N1CC(Cc2ncccn2)C1. The van der Waals surface area contributed by atoms with E-state index in [9.17, 15) is 4.79 Å². The van der Waals surface area contributed by atoms with E-state index in [1.165, 1.54) is 0 Å². The first-order valence-electron chi connectivity index (χ1n) is 8.31. The van der Waals surface area contributed by atoms with E-state index >= 15 is 0 Å². The first kappa shape index (κ1) is 16.5. The molecule has 4 rings (SSSR count). The fraction of sp³-hybridized carbons (Fsp3) is 0.222. The summed E-state index contributed by atoms with van der Waals surface area (Å²) in [6.07, 6.45) is 4.25. The molecule has 26 heavy (non-hydrogen) atoms. The average molecular weight is 366 g/mol. The molecule has 3 N–H and O–H groups in total. The number of nitrogens with two attached hydrogens (primary N) is 1. The van der Waals surface area contributed by atoms with Gasteiger partial charge in [-0.3, -0.25) is 5.32 Å². The number of likely N-dealkylation sites (tertiary alicyclic amines) is 1. The van der Waals surface area contributed by atoms with E-state index in [0.29, 0.717) is 30.5 Å². The predicted octanol–water partition coefficient (Wildman–Crippen LogP) is 2.89. The van der Waals surface area contributed by atoms with Crippen LogP contribution >= 0.6 is 11.3 Å². The second-order valence-electron chi connectivity index (χ2n) is 6.18. The first-order chi connectivity index (χ1) is 12.7. The van der Waals surface area contributed by atoms with E-state index in [1.807, 2.05) is 23.6 Å². The summed E-state index contributed by atoms with van der Waals surface area (Å²) in [7, 11) is 0. The van der Waals surface area contributed by atoms with Crippen molar-refractivity contribution in [2.45, 2.75) is 6.42 Å². The number of nitrogens with zero attached hydrogens (tertiary/aromatic N) is 4. The van der Waals surface area contributed by atoms with Gasteiger partial charge in [-0.25, -0.2) is 19.7 Å². The number of amides is 2. The lowest BCUT2D eigenvalue weighted by Gasteiger charge is -2.38. The van der Waals surface area contributed by atoms with E-state index in [4.69, 9.17) is 5.73 Å². The van der Waals surface area contributed by atoms with Crippen LogP contribution in [0.15, 0.2) is 48.1 Å². The molecule has 0 aromatic carbocycles. The van der Waals surface area contributed by atoms with Gasteiger partial charge in [0.25, 0.3) is 0 Å². The fourth-order valence-corrected chi connectivity index (χ4v) is 3.57. The quantitative estimate of drug-likeness (QED) is 0.740. The van der Waals surface area contributed by atoms with E-state index in [0.717, 1.165) is 22.8 Å². The molecular formula is C18H18N6OS. The van der Waals surface area contributed by atoms with Gasteiger partial charge in [0.2, 0.25) is 0 Å². The third-order valence-corrected chi connectivity index (χ3v) is 5.15. The zero-order valence-corrected chi connectivity index (χ0v) is 14.8. The number of carbonyl (C=O) groups excluding carboxylic acids is 1. The normalized spacial score (nSPS) is 14.1. The maximum Gasteiger partial charge on any atom is 0.323 e. The summed E-state index contributed by atoms with van der Waals surface area (Å²) < 4.78 is 0. The van der Waals surface area contributed by atoms with Gasteiger partial charge < -0.3 is 10.6 Å². The molecule has 1 aliphatic rings. The van der Waals surface area contributed by atoms with Gasteiger partial charge in [-0.15, -0.1) is 11.3 Å². The molecule has 8 heteroatoms. The Bertz CT molecular complexity index is 893. The van der Waals surface area contributed by atoms with Crippen molar-refractivity contribution in [1.29, 1.82) is 0 Å². The summed E-state index contributed by atoms with van der Waals surface area (Å²) in [5.41, 5.74) is 7.22. The summed E-state index contributed by atoms with van der Waals surface area (Å²) >= 11 is 1.59. The monoisotopic (exact) mass is 366 g/mol. The van der Waals surface area contributed by atoms with Gasteiger partial charge in [-0.2, -0.15) is 0 Å². The smallest absolute Gasteiger partial charge is 0.323 e. The second kappa shape index (κ2) is 7.09. The molecule has 0 unspecified atom stereocenters. The van der Waals surface area contributed by atoms with E-state index in [1.54, 1.807) is 40.8 Å². The van der Waals surface area contributed by atoms with Crippen LogP contribution in [0.3, 0.4) is 0 Å². The van der Waals surface area contributed by atoms with Crippen molar-refractivity contribution >= 4 is 28.9 Å². The molecule has 0 bridgehead atoms. The highest BCUT2D eigenvalue weighted by Gasteiger charge is 2.31. The highest BCUT2D eigenvalue weighted by molar-refractivity contribution is 7.13. The zero-order valence-electron chi connectivity index (χ0n) is 14.0. The third kappa shape index (κ3) is 3.50. The molecule has 4 heterocycles. The Kier molecular flexibility index (Phi) is 4.49. The lowest BCUT2D eigenvalue weighted by atomic mass is 9.96. The molecule has 2 amide bonds. The van der Waals surface area contributed by atoms with Crippen LogP contribution < -0.4 is 11.1 Å². The van der Waals surface area contributed by atoms with Gasteiger partial charge in [0.1, 0.15) is 5.82 Å². The van der Waals surface area contributed by atoms with Crippen molar-refractivity contribution in [2.75, 3.05) is 24.1 Å². The lowest BCUT2D eigenvalue weighted by molar-refractivity contribution is 0.130. The minimum absolute atomic E-state index is 0.183. The number of pyridine rings is 1. The second-order valence-corrected chi connectivity index (χ2v) is 7.13. The van der Waals surface area contributed by atoms with Crippen LogP contribution in [0.25, 0.3) is 10.6 Å². The van der Waals surface area contributed by atoms with Crippen LogP contribution in [0, 0.1) is 5.92 Å². The number of hydrogen-bond donors (Lipinski definition) is 2. The fourth-order valence-electron chi connectivity index (χ4n) is 2.87. The van der Waals surface area contributed by atoms with Crippen LogP contribution in [0.2, 0.25) is 0 Å². The molecule has 1 fully saturated rings. The Hall–Kier alpha value is -3.00. The number of rotatable bonds is 4. The van der Waals surface area contributed by atoms with Gasteiger partial charge in [-0.1, -0.05) is 6.07 Å². The van der Waals surface area contributed by atoms with Crippen LogP contribution in [-0.4, -0.2) is 39.0 Å². The number of aromatic nitrogens is 3. The molecule has 1 saturated heterocycles. The molecule has 0 aliphatic carbocycles. The minimum atomic E-state index is -0.183. The lowest BCUT2D eigenvalue weighted by Crippen LogP contribution is -2.52. The van der Waals surface area contributed by atoms with E-state index in [-0.39, 0.29) is 6.03 Å². The minimum Gasteiger partial charge on any atom is -0.396 e. The highest BCUT2D eigenvalue weighted by atomic mass is 32.1. The van der Waals surface area contributed by atoms with Crippen molar-refractivity contribution in [3.63, 3.8) is 0 Å². The molecule has 3 aromatic rings. The molecule has 0 saturated carbocycles. The number of nitrogens with one attached hydrogen (secondary N) is 1. The van der Waals surface area contributed by atoms with Crippen molar-refractivity contribution in [3.8, 4) is 10.6 Å². The molecule has 1 aliphatic heterocycles. The first-order valence-corrected chi connectivity index (χ1v) is 9.19. The Morgan fingerprint density at radius 2 is 2.04 bits per heavy atom. The van der Waals surface area contributed by atoms with E-state index in [2.05, 4.69) is 20.3 Å². The molecular weight excluding hydrogens is 348 g/mol. The van der Waals surface area contributed by atoms with Crippen molar-refractivity contribution in [1.82, 2.24) is 19.9 Å². The van der Waals surface area contributed by atoms with Crippen molar-refractivity contribution in [2.24, 2.45) is 5.92 Å². The van der Waals surface area contributed by atoms with Gasteiger partial charge in [0.15, 0.2) is 5.82 Å². The predicted molar refractivity (Wildman–Crippen MR) is 102 cm³/mol. The number of carbonyl (C=O) groups is 1. The molecule has 132 valence electrons. The van der Waals surface area contributed by atoms with Crippen LogP contribution in [0.4, 0.5) is 16.3 Å². The van der Waals surface area contributed by atoms with Gasteiger partial charge in [-0.05, 0) is 29.6 Å². The summed E-state index contributed by atoms with van der Waals surface area (Å²) in [5.74, 6) is 1.59. The molecule has 0 radical (unpaired) electrons. The number of anilines is 2. The Morgan fingerprint density at radius 3 is 2.77 bits per heavy atom. The summed E-state index contributed by atoms with van der Waals surface area (Å²) in [4.78, 5) is 28.2. The number of thiophene rings is 1. The highest BCUT2D eigenvalue weighted by Crippen LogP contribution is 2.27. The molecule has 0 atom stereocenters. The maximum absolute atomic E-state index is 12.4. The standard InChI is InChI=1S/C18H18N6OS/c19-13-4-5-14(15-3-1-8-26-15)22-17(13)23-18(25)24-10-12(11-24)9-16-20-6-2-7-21-16/h1-8,12H,9-11,19H2,(H,22,23,25). The molecule has 7 nitrogen and oxygen atoms in total. The Balaban J connectivity index is 1.36. The van der Waals surface area contributed by atoms with Crippen LogP contribution in [-0.2, 0) is 6.42 Å². The third-order valence-electron chi connectivity index (χ3n) is 4.26. The molecule has 0 spiro atoms. The van der Waals surface area contributed by atoms with Gasteiger partial charge in [0.05, 0.1) is 16.3 Å². The van der Waals surface area contributed by atoms with Crippen LogP contribution in [0.1, 0.15) is 5.82 Å². The molecule has 3 aromatic heterocycles. The largest absolute Gasteiger partial charge is 0.396 e.